The van der Waals surface area contributed by atoms with E-state index < -0.39 is 0 Å². The van der Waals surface area contributed by atoms with Crippen molar-refractivity contribution < 1.29 is 4.79 Å². The maximum Gasteiger partial charge on any atom is 0.259 e. The van der Waals surface area contributed by atoms with Gasteiger partial charge in [-0.1, -0.05) is 6.92 Å². The number of nitrogens with zero attached hydrogens (tertiary/aromatic N) is 3. The molecular weight excluding hydrogens is 242 g/mol. The average molecular weight is 265 g/mol. The molecule has 1 aliphatic heterocycles. The Kier molecular flexibility index (Phi) is 4.09. The van der Waals surface area contributed by atoms with Gasteiger partial charge in [0.15, 0.2) is 5.82 Å². The molecule has 0 aromatic carbocycles. The monoisotopic (exact) mass is 265 g/mol. The van der Waals surface area contributed by atoms with Crippen molar-refractivity contribution in [2.24, 2.45) is 0 Å². The number of carbonyl (C=O) groups is 1. The third-order valence-electron chi connectivity index (χ3n) is 4.00. The number of hydrogen-bond donors (Lipinski definition) is 2. The van der Waals surface area contributed by atoms with Gasteiger partial charge in [-0.15, -0.1) is 0 Å². The van der Waals surface area contributed by atoms with Crippen LogP contribution in [0.2, 0.25) is 0 Å². The molecule has 1 aromatic heterocycles. The Morgan fingerprint density at radius 2 is 2.05 bits per heavy atom. The SMILES string of the molecule is CCC(C)N1CCN(C(=O)c2c(N)n[nH]c2C)CC1. The van der Waals surface area contributed by atoms with E-state index in [4.69, 9.17) is 5.73 Å². The molecule has 19 heavy (non-hydrogen) atoms. The van der Waals surface area contributed by atoms with Crippen molar-refractivity contribution in [1.29, 1.82) is 0 Å². The van der Waals surface area contributed by atoms with Crippen LogP contribution in [0.3, 0.4) is 0 Å². The molecule has 2 heterocycles. The Morgan fingerprint density at radius 1 is 1.42 bits per heavy atom. The molecule has 3 N–H and O–H groups in total. The number of nitrogens with one attached hydrogen (secondary N) is 1. The van der Waals surface area contributed by atoms with Crippen molar-refractivity contribution >= 4 is 11.7 Å². The van der Waals surface area contributed by atoms with Gasteiger partial charge in [-0.25, -0.2) is 0 Å². The third-order valence-corrected chi connectivity index (χ3v) is 4.00. The minimum Gasteiger partial charge on any atom is -0.382 e. The van der Waals surface area contributed by atoms with Crippen LogP contribution in [0.4, 0.5) is 5.82 Å². The Bertz CT molecular complexity index is 428. The van der Waals surface area contributed by atoms with Crippen LogP contribution in [0.5, 0.6) is 0 Å². The zero-order chi connectivity index (χ0) is 14.0. The van der Waals surface area contributed by atoms with Crippen molar-refractivity contribution in [3.05, 3.63) is 11.3 Å². The molecule has 0 bridgehead atoms. The summed E-state index contributed by atoms with van der Waals surface area (Å²) in [4.78, 5) is 16.7. The predicted octanol–water partition coefficient (Wildman–Crippen LogP) is 0.857. The Morgan fingerprint density at radius 3 is 2.53 bits per heavy atom. The highest BCUT2D eigenvalue weighted by Crippen LogP contribution is 2.17. The summed E-state index contributed by atoms with van der Waals surface area (Å²) < 4.78 is 0. The van der Waals surface area contributed by atoms with Gasteiger partial charge in [0.25, 0.3) is 5.91 Å². The average Bonchev–Trinajstić information content (AvgIpc) is 2.77. The van der Waals surface area contributed by atoms with Crippen LogP contribution >= 0.6 is 0 Å². The van der Waals surface area contributed by atoms with E-state index >= 15 is 0 Å². The fraction of sp³-hybridized carbons (Fsp3) is 0.692. The summed E-state index contributed by atoms with van der Waals surface area (Å²) in [6, 6.07) is 0.581. The number of anilines is 1. The lowest BCUT2D eigenvalue weighted by atomic mass is 10.1. The van der Waals surface area contributed by atoms with Crippen LogP contribution in [0.25, 0.3) is 0 Å². The van der Waals surface area contributed by atoms with Gasteiger partial charge in [0.2, 0.25) is 0 Å². The molecule has 6 nitrogen and oxygen atoms in total. The van der Waals surface area contributed by atoms with Crippen LogP contribution in [-0.4, -0.2) is 58.1 Å². The molecule has 1 amide bonds. The molecule has 6 heteroatoms. The van der Waals surface area contributed by atoms with Gasteiger partial charge in [-0.2, -0.15) is 5.10 Å². The third kappa shape index (κ3) is 2.73. The highest BCUT2D eigenvalue weighted by Gasteiger charge is 2.27. The molecule has 0 aliphatic carbocycles. The Hall–Kier alpha value is -1.56. The van der Waals surface area contributed by atoms with Gasteiger partial charge < -0.3 is 10.6 Å². The van der Waals surface area contributed by atoms with Gasteiger partial charge in [-0.05, 0) is 20.3 Å². The molecule has 0 saturated carbocycles. The molecule has 0 radical (unpaired) electrons. The summed E-state index contributed by atoms with van der Waals surface area (Å²) in [6.07, 6.45) is 1.14. The Labute approximate surface area is 113 Å². The number of carbonyl (C=O) groups excluding carboxylic acids is 1. The van der Waals surface area contributed by atoms with E-state index in [1.54, 1.807) is 0 Å². The number of amides is 1. The quantitative estimate of drug-likeness (QED) is 0.849. The molecule has 2 rings (SSSR count). The molecular formula is C13H23N5O. The van der Waals surface area contributed by atoms with Crippen molar-refractivity contribution in [1.82, 2.24) is 20.0 Å². The van der Waals surface area contributed by atoms with E-state index in [0.29, 0.717) is 17.4 Å². The number of aromatic amines is 1. The first-order valence-corrected chi connectivity index (χ1v) is 6.88. The van der Waals surface area contributed by atoms with Gasteiger partial charge in [0.1, 0.15) is 5.56 Å². The smallest absolute Gasteiger partial charge is 0.259 e. The van der Waals surface area contributed by atoms with Crippen LogP contribution in [-0.2, 0) is 0 Å². The second-order valence-corrected chi connectivity index (χ2v) is 5.19. The molecule has 1 fully saturated rings. The van der Waals surface area contributed by atoms with Gasteiger partial charge in [-0.3, -0.25) is 14.8 Å². The minimum absolute atomic E-state index is 0.00690. The van der Waals surface area contributed by atoms with Crippen molar-refractivity contribution in [2.75, 3.05) is 31.9 Å². The second-order valence-electron chi connectivity index (χ2n) is 5.19. The first-order valence-electron chi connectivity index (χ1n) is 6.88. The van der Waals surface area contributed by atoms with E-state index in [1.807, 2.05) is 11.8 Å². The minimum atomic E-state index is -0.00690. The zero-order valence-corrected chi connectivity index (χ0v) is 11.9. The highest BCUT2D eigenvalue weighted by atomic mass is 16.2. The van der Waals surface area contributed by atoms with Crippen LogP contribution in [0.15, 0.2) is 0 Å². The van der Waals surface area contributed by atoms with Crippen LogP contribution in [0.1, 0.15) is 36.3 Å². The summed E-state index contributed by atoms with van der Waals surface area (Å²) in [5.41, 5.74) is 7.01. The molecule has 1 unspecified atom stereocenters. The van der Waals surface area contributed by atoms with E-state index in [0.717, 1.165) is 38.3 Å². The summed E-state index contributed by atoms with van der Waals surface area (Å²) in [7, 11) is 0. The number of nitrogens with two attached hydrogens (primary N) is 1. The number of piperazine rings is 1. The lowest BCUT2D eigenvalue weighted by Crippen LogP contribution is -2.51. The summed E-state index contributed by atoms with van der Waals surface area (Å²) in [5.74, 6) is 0.291. The zero-order valence-electron chi connectivity index (χ0n) is 11.9. The molecule has 1 atom stereocenters. The molecule has 1 aromatic rings. The van der Waals surface area contributed by atoms with Crippen molar-refractivity contribution in [3.63, 3.8) is 0 Å². The summed E-state index contributed by atoms with van der Waals surface area (Å²) >= 11 is 0. The highest BCUT2D eigenvalue weighted by molar-refractivity contribution is 5.99. The Balaban J connectivity index is 2.00. The number of hydrogen-bond acceptors (Lipinski definition) is 4. The number of rotatable bonds is 3. The number of aromatic nitrogens is 2. The first kappa shape index (κ1) is 13.9. The molecule has 0 spiro atoms. The van der Waals surface area contributed by atoms with Gasteiger partial charge in [0.05, 0.1) is 0 Å². The molecule has 1 aliphatic rings. The lowest BCUT2D eigenvalue weighted by molar-refractivity contribution is 0.0580. The summed E-state index contributed by atoms with van der Waals surface area (Å²) in [6.45, 7) is 9.62. The second kappa shape index (κ2) is 5.61. The van der Waals surface area contributed by atoms with E-state index in [-0.39, 0.29) is 5.91 Å². The molecule has 1 saturated heterocycles. The van der Waals surface area contributed by atoms with E-state index in [9.17, 15) is 4.79 Å². The largest absolute Gasteiger partial charge is 0.382 e. The molecule has 106 valence electrons. The van der Waals surface area contributed by atoms with Gasteiger partial charge in [0, 0.05) is 37.9 Å². The number of nitrogen functional groups attached to an aromatic ring is 1. The topological polar surface area (TPSA) is 78.2 Å². The van der Waals surface area contributed by atoms with Crippen LogP contribution < -0.4 is 5.73 Å². The fourth-order valence-corrected chi connectivity index (χ4v) is 2.50. The van der Waals surface area contributed by atoms with Crippen molar-refractivity contribution in [2.45, 2.75) is 33.2 Å². The number of aryl methyl sites for hydroxylation is 1. The maximum absolute atomic E-state index is 12.4. The first-order chi connectivity index (χ1) is 9.04. The van der Waals surface area contributed by atoms with E-state index in [1.165, 1.54) is 0 Å². The van der Waals surface area contributed by atoms with E-state index in [2.05, 4.69) is 28.9 Å². The predicted molar refractivity (Wildman–Crippen MR) is 75.0 cm³/mol. The van der Waals surface area contributed by atoms with Gasteiger partial charge >= 0.3 is 0 Å². The van der Waals surface area contributed by atoms with Crippen molar-refractivity contribution in [3.8, 4) is 0 Å². The fourth-order valence-electron chi connectivity index (χ4n) is 2.50. The standard InChI is InChI=1S/C13H23N5O/c1-4-9(2)17-5-7-18(8-6-17)13(19)11-10(3)15-16-12(11)14/h9H,4-8H2,1-3H3,(H3,14,15,16). The lowest BCUT2D eigenvalue weighted by Gasteiger charge is -2.37. The van der Waals surface area contributed by atoms with Crippen LogP contribution in [0, 0.1) is 6.92 Å². The summed E-state index contributed by atoms with van der Waals surface area (Å²) in [5, 5.41) is 6.64. The maximum atomic E-state index is 12.4. The normalized spacial score (nSPS) is 18.6. The number of H-pyrrole nitrogens is 1.